The number of hydrogen-bond acceptors (Lipinski definition) is 6. The fraction of sp³-hybridized carbons (Fsp3) is 0.824. The topological polar surface area (TPSA) is 78.9 Å². The lowest BCUT2D eigenvalue weighted by molar-refractivity contribution is -0.167. The smallest absolute Gasteiger partial charge is 0.306 e. The minimum Gasteiger partial charge on any atom is -0.462 e. The SMILES string of the molecule is CC/C=C\C/C=C\C/C=C\C/C=C\C/C=C\CCCCCCCCCCCC(=O)OC(COC(=O)CCCCCCCCC)COC(=O)CCCCCCCCCCCCCCCCCCCCCCCCCCCCCCCC. The molecular formula is C74H134O6. The molecule has 0 amide bonds. The van der Waals surface area contributed by atoms with Crippen LogP contribution in [0.25, 0.3) is 0 Å². The third-order valence-electron chi connectivity index (χ3n) is 15.8. The van der Waals surface area contributed by atoms with E-state index in [4.69, 9.17) is 14.2 Å². The Morgan fingerprint density at radius 1 is 0.263 bits per heavy atom. The molecule has 0 spiro atoms. The minimum atomic E-state index is -0.774. The Labute approximate surface area is 498 Å². The molecule has 0 saturated carbocycles. The van der Waals surface area contributed by atoms with Gasteiger partial charge in [-0.3, -0.25) is 14.4 Å². The maximum atomic E-state index is 12.9. The van der Waals surface area contributed by atoms with Crippen LogP contribution in [0.4, 0.5) is 0 Å². The maximum Gasteiger partial charge on any atom is 0.306 e. The Kier molecular flexibility index (Phi) is 66.1. The first-order valence-corrected chi connectivity index (χ1v) is 35.3. The van der Waals surface area contributed by atoms with Gasteiger partial charge >= 0.3 is 17.9 Å². The number of esters is 3. The van der Waals surface area contributed by atoms with E-state index >= 15 is 0 Å². The molecule has 0 aromatic rings. The van der Waals surface area contributed by atoms with E-state index in [1.807, 2.05) is 0 Å². The first kappa shape index (κ1) is 77.1. The van der Waals surface area contributed by atoms with E-state index in [-0.39, 0.29) is 31.1 Å². The molecule has 1 unspecified atom stereocenters. The molecule has 0 rings (SSSR count). The van der Waals surface area contributed by atoms with Crippen LogP contribution >= 0.6 is 0 Å². The molecule has 0 saturated heterocycles. The van der Waals surface area contributed by atoms with Gasteiger partial charge in [-0.15, -0.1) is 0 Å². The first-order valence-electron chi connectivity index (χ1n) is 35.3. The van der Waals surface area contributed by atoms with Gasteiger partial charge in [-0.1, -0.05) is 351 Å². The zero-order valence-corrected chi connectivity index (χ0v) is 53.6. The standard InChI is InChI=1S/C74H134O6/c1-4-7-10-13-16-18-20-22-24-26-28-30-32-34-35-36-37-38-40-41-43-45-47-49-51-53-55-58-61-64-67-73(76)79-70-71(69-78-72(75)66-63-60-57-15-12-9-6-3)80-74(77)68-65-62-59-56-54-52-50-48-46-44-42-39-33-31-29-27-25-23-21-19-17-14-11-8-5-2/h8,11,17,19,23,25,29,31,39,42,71H,4-7,9-10,12-16,18,20-22,24,26-28,30,32-38,40-41,43-70H2,1-3H3/b11-8-,19-17-,25-23-,31-29-,42-39-. The van der Waals surface area contributed by atoms with Crippen LogP contribution < -0.4 is 0 Å². The molecular weight excluding hydrogens is 985 g/mol. The van der Waals surface area contributed by atoms with Gasteiger partial charge in [0, 0.05) is 19.3 Å². The van der Waals surface area contributed by atoms with E-state index in [0.717, 1.165) is 96.3 Å². The van der Waals surface area contributed by atoms with Crippen LogP contribution in [0.2, 0.25) is 0 Å². The highest BCUT2D eigenvalue weighted by Crippen LogP contribution is 2.19. The van der Waals surface area contributed by atoms with E-state index in [1.54, 1.807) is 0 Å². The molecule has 0 fully saturated rings. The van der Waals surface area contributed by atoms with Crippen LogP contribution in [0.15, 0.2) is 60.8 Å². The first-order chi connectivity index (χ1) is 39.5. The molecule has 0 N–H and O–H groups in total. The summed E-state index contributed by atoms with van der Waals surface area (Å²) in [5.74, 6) is -0.865. The van der Waals surface area contributed by atoms with Gasteiger partial charge in [0.1, 0.15) is 13.2 Å². The quantitative estimate of drug-likeness (QED) is 0.0261. The summed E-state index contributed by atoms with van der Waals surface area (Å²) in [5.41, 5.74) is 0. The molecule has 466 valence electrons. The van der Waals surface area contributed by atoms with Gasteiger partial charge in [0.25, 0.3) is 0 Å². The third kappa shape index (κ3) is 65.9. The number of carbonyl (C=O) groups excluding carboxylic acids is 3. The Morgan fingerprint density at radius 3 is 0.762 bits per heavy atom. The van der Waals surface area contributed by atoms with E-state index in [9.17, 15) is 14.4 Å². The molecule has 6 heteroatoms. The lowest BCUT2D eigenvalue weighted by Crippen LogP contribution is -2.30. The molecule has 0 aliphatic carbocycles. The number of hydrogen-bond donors (Lipinski definition) is 0. The maximum absolute atomic E-state index is 12.9. The fourth-order valence-corrected chi connectivity index (χ4v) is 10.5. The van der Waals surface area contributed by atoms with Gasteiger partial charge < -0.3 is 14.2 Å². The zero-order chi connectivity index (χ0) is 57.8. The third-order valence-corrected chi connectivity index (χ3v) is 15.8. The molecule has 0 aliphatic rings. The molecule has 0 radical (unpaired) electrons. The molecule has 1 atom stereocenters. The Balaban J connectivity index is 4.03. The average molecular weight is 1120 g/mol. The lowest BCUT2D eigenvalue weighted by atomic mass is 10.0. The predicted molar refractivity (Wildman–Crippen MR) is 348 cm³/mol. The van der Waals surface area contributed by atoms with Crippen LogP contribution in [0, 0.1) is 0 Å². The second-order valence-corrected chi connectivity index (χ2v) is 23.8. The van der Waals surface area contributed by atoms with Crippen molar-refractivity contribution in [2.24, 2.45) is 0 Å². The van der Waals surface area contributed by atoms with Crippen molar-refractivity contribution in [3.05, 3.63) is 60.8 Å². The summed E-state index contributed by atoms with van der Waals surface area (Å²) < 4.78 is 16.9. The van der Waals surface area contributed by atoms with Gasteiger partial charge in [0.05, 0.1) is 0 Å². The fourth-order valence-electron chi connectivity index (χ4n) is 10.5. The van der Waals surface area contributed by atoms with Crippen LogP contribution in [-0.2, 0) is 28.6 Å². The molecule has 0 bridgehead atoms. The van der Waals surface area contributed by atoms with Crippen molar-refractivity contribution in [2.75, 3.05) is 13.2 Å². The second-order valence-electron chi connectivity index (χ2n) is 23.8. The van der Waals surface area contributed by atoms with Crippen molar-refractivity contribution in [1.29, 1.82) is 0 Å². The number of rotatable bonds is 65. The van der Waals surface area contributed by atoms with Crippen molar-refractivity contribution in [2.45, 2.75) is 380 Å². The summed E-state index contributed by atoms with van der Waals surface area (Å²) in [6, 6.07) is 0. The molecule has 0 aromatic carbocycles. The monoisotopic (exact) mass is 1120 g/mol. The number of ether oxygens (including phenoxy) is 3. The zero-order valence-electron chi connectivity index (χ0n) is 53.6. The number of carbonyl (C=O) groups is 3. The Hall–Kier alpha value is -2.89. The van der Waals surface area contributed by atoms with E-state index in [1.165, 1.54) is 238 Å². The van der Waals surface area contributed by atoms with Crippen LogP contribution in [0.5, 0.6) is 0 Å². The van der Waals surface area contributed by atoms with Gasteiger partial charge in [0.15, 0.2) is 6.10 Å². The molecule has 80 heavy (non-hydrogen) atoms. The highest BCUT2D eigenvalue weighted by Gasteiger charge is 2.19. The highest BCUT2D eigenvalue weighted by atomic mass is 16.6. The van der Waals surface area contributed by atoms with Gasteiger partial charge in [-0.05, 0) is 64.2 Å². The average Bonchev–Trinajstić information content (AvgIpc) is 3.46. The molecule has 0 aliphatic heterocycles. The molecule has 6 nitrogen and oxygen atoms in total. The van der Waals surface area contributed by atoms with Crippen LogP contribution in [0.3, 0.4) is 0 Å². The van der Waals surface area contributed by atoms with Gasteiger partial charge in [0.2, 0.25) is 0 Å². The highest BCUT2D eigenvalue weighted by molar-refractivity contribution is 5.71. The summed E-state index contributed by atoms with van der Waals surface area (Å²) in [6.45, 7) is 6.54. The molecule has 0 aromatic heterocycles. The van der Waals surface area contributed by atoms with Crippen molar-refractivity contribution in [3.63, 3.8) is 0 Å². The van der Waals surface area contributed by atoms with E-state index < -0.39 is 6.10 Å². The van der Waals surface area contributed by atoms with Crippen molar-refractivity contribution in [1.82, 2.24) is 0 Å². The summed E-state index contributed by atoms with van der Waals surface area (Å²) in [7, 11) is 0. The summed E-state index contributed by atoms with van der Waals surface area (Å²) >= 11 is 0. The summed E-state index contributed by atoms with van der Waals surface area (Å²) in [6.07, 6.45) is 88.6. The summed E-state index contributed by atoms with van der Waals surface area (Å²) in [5, 5.41) is 0. The van der Waals surface area contributed by atoms with Crippen molar-refractivity contribution >= 4 is 17.9 Å². The van der Waals surface area contributed by atoms with Crippen molar-refractivity contribution < 1.29 is 28.6 Å². The predicted octanol–water partition coefficient (Wildman–Crippen LogP) is 24.3. The van der Waals surface area contributed by atoms with Crippen molar-refractivity contribution in [3.8, 4) is 0 Å². The van der Waals surface area contributed by atoms with Crippen LogP contribution in [-0.4, -0.2) is 37.2 Å². The molecule has 0 heterocycles. The Bertz CT molecular complexity index is 1430. The Morgan fingerprint density at radius 2 is 0.487 bits per heavy atom. The van der Waals surface area contributed by atoms with Gasteiger partial charge in [-0.25, -0.2) is 0 Å². The van der Waals surface area contributed by atoms with Crippen LogP contribution in [0.1, 0.15) is 374 Å². The van der Waals surface area contributed by atoms with Gasteiger partial charge in [-0.2, -0.15) is 0 Å². The normalized spacial score (nSPS) is 12.4. The summed E-state index contributed by atoms with van der Waals surface area (Å²) in [4.78, 5) is 38.2. The largest absolute Gasteiger partial charge is 0.462 e. The second kappa shape index (κ2) is 68.6. The number of unbranched alkanes of at least 4 members (excludes halogenated alkanes) is 44. The minimum absolute atomic E-state index is 0.0722. The van der Waals surface area contributed by atoms with E-state index in [0.29, 0.717) is 19.3 Å². The van der Waals surface area contributed by atoms with E-state index in [2.05, 4.69) is 81.5 Å². The lowest BCUT2D eigenvalue weighted by Gasteiger charge is -2.18. The number of allylic oxidation sites excluding steroid dienone is 10.